The van der Waals surface area contributed by atoms with Gasteiger partial charge in [-0.2, -0.15) is 0 Å². The fourth-order valence-corrected chi connectivity index (χ4v) is 1.79. The Hall–Kier alpha value is -2.30. The van der Waals surface area contributed by atoms with E-state index in [4.69, 9.17) is 4.52 Å². The summed E-state index contributed by atoms with van der Waals surface area (Å²) >= 11 is 0. The molecule has 2 rings (SSSR count). The first-order valence-electron chi connectivity index (χ1n) is 6.84. The lowest BCUT2D eigenvalue weighted by Gasteiger charge is -2.10. The van der Waals surface area contributed by atoms with Crippen LogP contribution < -0.4 is 10.6 Å². The molecule has 0 saturated heterocycles. The van der Waals surface area contributed by atoms with Gasteiger partial charge >= 0.3 is 0 Å². The lowest BCUT2D eigenvalue weighted by molar-refractivity contribution is 0.412. The fraction of sp³-hybridized carbons (Fsp3) is 0.333. The molecular weight excluding hydrogens is 252 g/mol. The van der Waals surface area contributed by atoms with Crippen molar-refractivity contribution in [3.05, 3.63) is 53.9 Å². The van der Waals surface area contributed by atoms with Crippen molar-refractivity contribution in [1.82, 2.24) is 15.8 Å². The summed E-state index contributed by atoms with van der Waals surface area (Å²) in [7, 11) is 0. The van der Waals surface area contributed by atoms with Crippen LogP contribution in [-0.4, -0.2) is 24.2 Å². The SMILES string of the molecule is CCNC(=NCc1ccon1)NCCc1ccccc1. The number of rotatable bonds is 6. The van der Waals surface area contributed by atoms with Crippen LogP contribution >= 0.6 is 0 Å². The highest BCUT2D eigenvalue weighted by Gasteiger charge is 1.99. The van der Waals surface area contributed by atoms with Crippen LogP contribution in [0.25, 0.3) is 0 Å². The smallest absolute Gasteiger partial charge is 0.191 e. The standard InChI is InChI=1S/C15H20N4O/c1-2-16-15(18-12-14-9-11-20-19-14)17-10-8-13-6-4-3-5-7-13/h3-7,9,11H,2,8,10,12H2,1H3,(H2,16,17,18). The monoisotopic (exact) mass is 272 g/mol. The molecule has 2 N–H and O–H groups in total. The Kier molecular flexibility index (Phi) is 5.64. The predicted octanol–water partition coefficient (Wildman–Crippen LogP) is 1.97. The van der Waals surface area contributed by atoms with Crippen LogP contribution in [0.4, 0.5) is 0 Å². The van der Waals surface area contributed by atoms with Crippen molar-refractivity contribution in [2.75, 3.05) is 13.1 Å². The Labute approximate surface area is 119 Å². The van der Waals surface area contributed by atoms with E-state index in [2.05, 4.69) is 45.0 Å². The van der Waals surface area contributed by atoms with Crippen LogP contribution in [0.1, 0.15) is 18.2 Å². The number of guanidine groups is 1. The molecule has 0 spiro atoms. The number of aromatic nitrogens is 1. The average molecular weight is 272 g/mol. The van der Waals surface area contributed by atoms with Crippen LogP contribution in [0.15, 0.2) is 52.2 Å². The Morgan fingerprint density at radius 2 is 2.05 bits per heavy atom. The molecule has 0 bridgehead atoms. The summed E-state index contributed by atoms with van der Waals surface area (Å²) in [5.74, 6) is 0.798. The van der Waals surface area contributed by atoms with Gasteiger partial charge in [-0.3, -0.25) is 0 Å². The van der Waals surface area contributed by atoms with Crippen LogP contribution in [-0.2, 0) is 13.0 Å². The molecule has 20 heavy (non-hydrogen) atoms. The molecule has 0 amide bonds. The molecule has 5 heteroatoms. The second-order valence-corrected chi connectivity index (χ2v) is 4.35. The van der Waals surface area contributed by atoms with Gasteiger partial charge in [-0.15, -0.1) is 0 Å². The Morgan fingerprint density at radius 3 is 2.75 bits per heavy atom. The number of nitrogens with zero attached hydrogens (tertiary/aromatic N) is 2. The normalized spacial score (nSPS) is 11.3. The van der Waals surface area contributed by atoms with Gasteiger partial charge in [0.05, 0.1) is 6.54 Å². The van der Waals surface area contributed by atoms with Crippen molar-refractivity contribution in [3.8, 4) is 0 Å². The molecule has 1 heterocycles. The maximum atomic E-state index is 4.79. The van der Waals surface area contributed by atoms with Crippen LogP contribution in [0.2, 0.25) is 0 Å². The third-order valence-corrected chi connectivity index (χ3v) is 2.78. The van der Waals surface area contributed by atoms with Crippen molar-refractivity contribution >= 4 is 5.96 Å². The fourth-order valence-electron chi connectivity index (χ4n) is 1.79. The van der Waals surface area contributed by atoms with Crippen molar-refractivity contribution < 1.29 is 4.52 Å². The summed E-state index contributed by atoms with van der Waals surface area (Å²) in [4.78, 5) is 4.46. The molecule has 0 fully saturated rings. The maximum Gasteiger partial charge on any atom is 0.191 e. The summed E-state index contributed by atoms with van der Waals surface area (Å²) in [5.41, 5.74) is 2.14. The minimum absolute atomic E-state index is 0.511. The van der Waals surface area contributed by atoms with E-state index >= 15 is 0 Å². The van der Waals surface area contributed by atoms with E-state index in [0.717, 1.165) is 31.2 Å². The molecule has 0 saturated carbocycles. The highest BCUT2D eigenvalue weighted by Crippen LogP contribution is 1.99. The van der Waals surface area contributed by atoms with Gasteiger partial charge in [0.25, 0.3) is 0 Å². The first-order valence-corrected chi connectivity index (χ1v) is 6.84. The van der Waals surface area contributed by atoms with Gasteiger partial charge in [-0.25, -0.2) is 4.99 Å². The summed E-state index contributed by atoms with van der Waals surface area (Å²) in [6.07, 6.45) is 2.52. The summed E-state index contributed by atoms with van der Waals surface area (Å²) in [6, 6.07) is 12.2. The third-order valence-electron chi connectivity index (χ3n) is 2.78. The Morgan fingerprint density at radius 1 is 1.20 bits per heavy atom. The minimum atomic E-state index is 0.511. The Bertz CT molecular complexity index is 508. The quantitative estimate of drug-likeness (QED) is 0.623. The number of benzene rings is 1. The van der Waals surface area contributed by atoms with Crippen molar-refractivity contribution in [2.45, 2.75) is 19.9 Å². The summed E-state index contributed by atoms with van der Waals surface area (Å²) in [5, 5.41) is 10.4. The van der Waals surface area contributed by atoms with Gasteiger partial charge in [-0.1, -0.05) is 35.5 Å². The molecule has 5 nitrogen and oxygen atoms in total. The molecule has 1 aromatic carbocycles. The first kappa shape index (κ1) is 14.1. The van der Waals surface area contributed by atoms with Gasteiger partial charge in [0.15, 0.2) is 5.96 Å². The minimum Gasteiger partial charge on any atom is -0.364 e. The Balaban J connectivity index is 1.81. The molecule has 0 atom stereocenters. The highest BCUT2D eigenvalue weighted by molar-refractivity contribution is 5.79. The average Bonchev–Trinajstić information content (AvgIpc) is 2.99. The molecule has 0 aliphatic rings. The van der Waals surface area contributed by atoms with E-state index in [-0.39, 0.29) is 0 Å². The maximum absolute atomic E-state index is 4.79. The van der Waals surface area contributed by atoms with Gasteiger partial charge < -0.3 is 15.2 Å². The van der Waals surface area contributed by atoms with E-state index in [1.807, 2.05) is 19.1 Å². The molecule has 0 aliphatic carbocycles. The van der Waals surface area contributed by atoms with E-state index in [0.29, 0.717) is 6.54 Å². The molecule has 2 aromatic rings. The lowest BCUT2D eigenvalue weighted by Crippen LogP contribution is -2.38. The number of aliphatic imine (C=N–C) groups is 1. The van der Waals surface area contributed by atoms with Gasteiger partial charge in [0, 0.05) is 19.2 Å². The van der Waals surface area contributed by atoms with E-state index in [9.17, 15) is 0 Å². The van der Waals surface area contributed by atoms with Gasteiger partial charge in [0.1, 0.15) is 12.0 Å². The van der Waals surface area contributed by atoms with Crippen LogP contribution in [0, 0.1) is 0 Å². The zero-order valence-electron chi connectivity index (χ0n) is 11.7. The predicted molar refractivity (Wildman–Crippen MR) is 79.5 cm³/mol. The van der Waals surface area contributed by atoms with Crippen LogP contribution in [0.5, 0.6) is 0 Å². The summed E-state index contributed by atoms with van der Waals surface area (Å²) < 4.78 is 4.79. The molecule has 1 aromatic heterocycles. The lowest BCUT2D eigenvalue weighted by atomic mass is 10.1. The number of hydrogen-bond donors (Lipinski definition) is 2. The number of nitrogens with one attached hydrogen (secondary N) is 2. The highest BCUT2D eigenvalue weighted by atomic mass is 16.5. The van der Waals surface area contributed by atoms with Crippen molar-refractivity contribution in [1.29, 1.82) is 0 Å². The van der Waals surface area contributed by atoms with Crippen molar-refractivity contribution in [2.24, 2.45) is 4.99 Å². The second-order valence-electron chi connectivity index (χ2n) is 4.35. The van der Waals surface area contributed by atoms with Gasteiger partial charge in [0.2, 0.25) is 0 Å². The zero-order valence-corrected chi connectivity index (χ0v) is 11.7. The topological polar surface area (TPSA) is 62.5 Å². The molecule has 0 aliphatic heterocycles. The molecular formula is C15H20N4O. The molecule has 0 unspecified atom stereocenters. The second kappa shape index (κ2) is 7.99. The van der Waals surface area contributed by atoms with E-state index < -0.39 is 0 Å². The summed E-state index contributed by atoms with van der Waals surface area (Å²) in [6.45, 7) is 4.23. The van der Waals surface area contributed by atoms with Crippen LogP contribution in [0.3, 0.4) is 0 Å². The van der Waals surface area contributed by atoms with Gasteiger partial charge in [-0.05, 0) is 18.9 Å². The van der Waals surface area contributed by atoms with E-state index in [1.54, 1.807) is 6.26 Å². The van der Waals surface area contributed by atoms with Crippen molar-refractivity contribution in [3.63, 3.8) is 0 Å². The number of hydrogen-bond acceptors (Lipinski definition) is 3. The molecule has 106 valence electrons. The first-order chi connectivity index (χ1) is 9.88. The van der Waals surface area contributed by atoms with E-state index in [1.165, 1.54) is 5.56 Å². The zero-order chi connectivity index (χ0) is 14.0. The third kappa shape index (κ3) is 4.76. The largest absolute Gasteiger partial charge is 0.364 e. The molecule has 0 radical (unpaired) electrons.